The van der Waals surface area contributed by atoms with E-state index in [9.17, 15) is 9.59 Å². The summed E-state index contributed by atoms with van der Waals surface area (Å²) in [4.78, 5) is 26.9. The molecule has 0 aliphatic carbocycles. The minimum absolute atomic E-state index is 0.0429. The molecule has 2 rings (SSSR count). The number of aliphatic carboxylic acids is 1. The van der Waals surface area contributed by atoms with Crippen molar-refractivity contribution in [2.75, 3.05) is 45.9 Å². The Morgan fingerprint density at radius 3 is 2.71 bits per heavy atom. The third kappa shape index (κ3) is 5.17. The van der Waals surface area contributed by atoms with Crippen LogP contribution in [0.4, 0.5) is 4.79 Å². The average molecular weight is 299 g/mol. The van der Waals surface area contributed by atoms with E-state index in [2.05, 4.69) is 10.2 Å². The van der Waals surface area contributed by atoms with E-state index in [-0.39, 0.29) is 18.5 Å². The Labute approximate surface area is 125 Å². The third-order valence-electron chi connectivity index (χ3n) is 4.08. The first-order valence-electron chi connectivity index (χ1n) is 7.73. The predicted octanol–water partition coefficient (Wildman–Crippen LogP) is 0.357. The maximum absolute atomic E-state index is 12.1. The van der Waals surface area contributed by atoms with Crippen LogP contribution in [0.5, 0.6) is 0 Å². The fourth-order valence-electron chi connectivity index (χ4n) is 2.94. The number of hydrogen-bond donors (Lipinski definition) is 2. The quantitative estimate of drug-likeness (QED) is 0.692. The Morgan fingerprint density at radius 2 is 2.00 bits per heavy atom. The summed E-state index contributed by atoms with van der Waals surface area (Å²) in [6, 6.07) is -0.275. The smallest absolute Gasteiger partial charge is 0.317 e. The molecule has 2 saturated heterocycles. The number of nitrogens with one attached hydrogen (secondary N) is 1. The van der Waals surface area contributed by atoms with Crippen LogP contribution in [0.2, 0.25) is 0 Å². The van der Waals surface area contributed by atoms with Gasteiger partial charge in [-0.25, -0.2) is 4.79 Å². The molecule has 21 heavy (non-hydrogen) atoms. The Morgan fingerprint density at radius 1 is 1.24 bits per heavy atom. The van der Waals surface area contributed by atoms with Crippen LogP contribution in [0, 0.1) is 0 Å². The number of morpholine rings is 1. The van der Waals surface area contributed by atoms with Crippen LogP contribution in [-0.4, -0.2) is 78.9 Å². The summed E-state index contributed by atoms with van der Waals surface area (Å²) < 4.78 is 5.29. The molecule has 2 fully saturated rings. The topological polar surface area (TPSA) is 82.1 Å². The van der Waals surface area contributed by atoms with Crippen LogP contribution in [0.3, 0.4) is 0 Å². The number of urea groups is 1. The average Bonchev–Trinajstić information content (AvgIpc) is 2.92. The van der Waals surface area contributed by atoms with E-state index in [1.165, 1.54) is 0 Å². The second-order valence-electron chi connectivity index (χ2n) is 5.63. The SMILES string of the molecule is O=C(O)CC1CCCN1C(=O)NCCCN1CCOCC1. The van der Waals surface area contributed by atoms with Crippen molar-refractivity contribution in [3.63, 3.8) is 0 Å². The van der Waals surface area contributed by atoms with Crippen LogP contribution in [0.15, 0.2) is 0 Å². The summed E-state index contributed by atoms with van der Waals surface area (Å²) in [7, 11) is 0. The standard InChI is InChI=1S/C14H25N3O4/c18-13(19)11-12-3-1-6-17(12)14(20)15-4-2-5-16-7-9-21-10-8-16/h12H,1-11H2,(H,15,20)(H,18,19). The van der Waals surface area contributed by atoms with Crippen LogP contribution in [0.1, 0.15) is 25.7 Å². The van der Waals surface area contributed by atoms with Crippen molar-refractivity contribution in [1.29, 1.82) is 0 Å². The van der Waals surface area contributed by atoms with Gasteiger partial charge in [-0.05, 0) is 25.8 Å². The monoisotopic (exact) mass is 299 g/mol. The second kappa shape index (κ2) is 8.19. The molecule has 7 nitrogen and oxygen atoms in total. The molecule has 7 heteroatoms. The molecule has 2 aliphatic rings. The summed E-state index contributed by atoms with van der Waals surface area (Å²) in [6.45, 7) is 5.75. The van der Waals surface area contributed by atoms with Crippen molar-refractivity contribution in [1.82, 2.24) is 15.1 Å². The van der Waals surface area contributed by atoms with Gasteiger partial charge in [0.15, 0.2) is 0 Å². The number of carbonyl (C=O) groups is 2. The van der Waals surface area contributed by atoms with Gasteiger partial charge in [0.2, 0.25) is 0 Å². The van der Waals surface area contributed by atoms with Gasteiger partial charge in [0.1, 0.15) is 0 Å². The number of amides is 2. The van der Waals surface area contributed by atoms with E-state index in [0.29, 0.717) is 13.1 Å². The number of ether oxygens (including phenoxy) is 1. The highest BCUT2D eigenvalue weighted by atomic mass is 16.5. The van der Waals surface area contributed by atoms with Gasteiger partial charge >= 0.3 is 12.0 Å². The predicted molar refractivity (Wildman–Crippen MR) is 77.3 cm³/mol. The highest BCUT2D eigenvalue weighted by molar-refractivity contribution is 5.76. The summed E-state index contributed by atoms with van der Waals surface area (Å²) in [5.74, 6) is -0.841. The number of likely N-dealkylation sites (tertiary alicyclic amines) is 1. The Bertz CT molecular complexity index is 358. The summed E-state index contributed by atoms with van der Waals surface area (Å²) in [5, 5.41) is 11.8. The highest BCUT2D eigenvalue weighted by Crippen LogP contribution is 2.19. The van der Waals surface area contributed by atoms with Crippen molar-refractivity contribution in [2.45, 2.75) is 31.7 Å². The van der Waals surface area contributed by atoms with Crippen molar-refractivity contribution >= 4 is 12.0 Å². The lowest BCUT2D eigenvalue weighted by Crippen LogP contribution is -2.44. The van der Waals surface area contributed by atoms with Gasteiger partial charge in [-0.3, -0.25) is 9.69 Å². The van der Waals surface area contributed by atoms with Crippen molar-refractivity contribution in [2.24, 2.45) is 0 Å². The zero-order valence-corrected chi connectivity index (χ0v) is 12.4. The normalized spacial score (nSPS) is 23.2. The molecule has 1 unspecified atom stereocenters. The largest absolute Gasteiger partial charge is 0.481 e. The Hall–Kier alpha value is -1.34. The fraction of sp³-hybridized carbons (Fsp3) is 0.857. The summed E-state index contributed by atoms with van der Waals surface area (Å²) in [6.07, 6.45) is 2.62. The lowest BCUT2D eigenvalue weighted by atomic mass is 10.1. The molecule has 0 radical (unpaired) electrons. The van der Waals surface area contributed by atoms with Gasteiger partial charge in [-0.2, -0.15) is 0 Å². The molecule has 0 saturated carbocycles. The molecule has 1 atom stereocenters. The highest BCUT2D eigenvalue weighted by Gasteiger charge is 2.30. The summed E-state index contributed by atoms with van der Waals surface area (Å²) >= 11 is 0. The number of carboxylic acids is 1. The minimum Gasteiger partial charge on any atom is -0.481 e. The number of rotatable bonds is 6. The molecule has 0 aromatic rings. The van der Waals surface area contributed by atoms with E-state index in [1.54, 1.807) is 4.90 Å². The molecular weight excluding hydrogens is 274 g/mol. The van der Waals surface area contributed by atoms with E-state index < -0.39 is 5.97 Å². The first-order valence-corrected chi connectivity index (χ1v) is 7.73. The van der Waals surface area contributed by atoms with Crippen LogP contribution in [-0.2, 0) is 9.53 Å². The van der Waals surface area contributed by atoms with Crippen LogP contribution in [0.25, 0.3) is 0 Å². The zero-order valence-electron chi connectivity index (χ0n) is 12.4. The minimum atomic E-state index is -0.841. The van der Waals surface area contributed by atoms with Gasteiger partial charge < -0.3 is 20.1 Å². The molecule has 2 N–H and O–H groups in total. The molecule has 0 aromatic carbocycles. The van der Waals surface area contributed by atoms with E-state index in [1.807, 2.05) is 0 Å². The van der Waals surface area contributed by atoms with E-state index >= 15 is 0 Å². The van der Waals surface area contributed by atoms with Crippen molar-refractivity contribution < 1.29 is 19.4 Å². The molecule has 2 aliphatic heterocycles. The van der Waals surface area contributed by atoms with Crippen LogP contribution < -0.4 is 5.32 Å². The van der Waals surface area contributed by atoms with Crippen LogP contribution >= 0.6 is 0 Å². The van der Waals surface area contributed by atoms with E-state index in [4.69, 9.17) is 9.84 Å². The lowest BCUT2D eigenvalue weighted by molar-refractivity contribution is -0.137. The van der Waals surface area contributed by atoms with E-state index in [0.717, 1.165) is 52.1 Å². The number of hydrogen-bond acceptors (Lipinski definition) is 4. The molecule has 0 spiro atoms. The Balaban J connectivity index is 1.63. The van der Waals surface area contributed by atoms with Crippen molar-refractivity contribution in [3.8, 4) is 0 Å². The second-order valence-corrected chi connectivity index (χ2v) is 5.63. The van der Waals surface area contributed by atoms with Crippen molar-refractivity contribution in [3.05, 3.63) is 0 Å². The van der Waals surface area contributed by atoms with Gasteiger partial charge in [-0.15, -0.1) is 0 Å². The maximum Gasteiger partial charge on any atom is 0.317 e. The number of carbonyl (C=O) groups excluding carboxylic acids is 1. The van der Waals surface area contributed by atoms with Gasteiger partial charge in [0.05, 0.1) is 19.6 Å². The number of carboxylic acid groups (broad SMARTS) is 1. The maximum atomic E-state index is 12.1. The summed E-state index contributed by atoms with van der Waals surface area (Å²) in [5.41, 5.74) is 0. The molecule has 0 bridgehead atoms. The first kappa shape index (κ1) is 16.0. The van der Waals surface area contributed by atoms with Gasteiger partial charge in [0.25, 0.3) is 0 Å². The first-order chi connectivity index (χ1) is 10.2. The van der Waals surface area contributed by atoms with Gasteiger partial charge in [0, 0.05) is 32.2 Å². The Kier molecular flexibility index (Phi) is 6.25. The molecule has 120 valence electrons. The molecule has 0 aromatic heterocycles. The molecular formula is C14H25N3O4. The van der Waals surface area contributed by atoms with Gasteiger partial charge in [-0.1, -0.05) is 0 Å². The third-order valence-corrected chi connectivity index (χ3v) is 4.08. The lowest BCUT2D eigenvalue weighted by Gasteiger charge is -2.27. The fourth-order valence-corrected chi connectivity index (χ4v) is 2.94. The molecule has 2 amide bonds. The molecule has 2 heterocycles. The zero-order chi connectivity index (χ0) is 15.1. The number of nitrogens with zero attached hydrogens (tertiary/aromatic N) is 2.